The van der Waals surface area contributed by atoms with E-state index < -0.39 is 54.7 Å². The maximum absolute atomic E-state index is 12.9. The number of nitrogens with one attached hydrogen (secondary N) is 4. The molecule has 0 spiro atoms. The monoisotopic (exact) mass is 950 g/mol. The number of aromatic nitrogens is 1. The first kappa shape index (κ1) is 49.5. The molecule has 22 nitrogen and oxygen atoms in total. The number of aliphatic carboxylic acids is 3. The Bertz CT molecular complexity index is 1480. The fraction of sp³-hybridized carbons (Fsp3) is 0.636. The third kappa shape index (κ3) is 18.7. The second kappa shape index (κ2) is 25.7. The molecular formula is C33H53BGdN10O12. The Balaban J connectivity index is 0.0000112. The summed E-state index contributed by atoms with van der Waals surface area (Å²) < 4.78 is 0. The number of anilines is 1. The minimum Gasteiger partial charge on any atom is -0.480 e. The smallest absolute Gasteiger partial charge is 0.475 e. The summed E-state index contributed by atoms with van der Waals surface area (Å²) in [6.45, 7) is 3.35. The first-order valence-electron chi connectivity index (χ1n) is 18.4. The van der Waals surface area contributed by atoms with Crippen molar-refractivity contribution >= 4 is 54.5 Å². The van der Waals surface area contributed by atoms with Crippen LogP contribution < -0.4 is 21.5 Å². The predicted octanol–water partition coefficient (Wildman–Crippen LogP) is -3.98. The maximum Gasteiger partial charge on any atom is 0.475 e. The number of nitrogens with zero attached hydrogens (tertiary/aromatic N) is 6. The Morgan fingerprint density at radius 1 is 0.772 bits per heavy atom. The van der Waals surface area contributed by atoms with Crippen LogP contribution in [0.15, 0.2) is 18.3 Å². The molecule has 0 unspecified atom stereocenters. The summed E-state index contributed by atoms with van der Waals surface area (Å²) in [6.07, 6.45) is 2.67. The molecule has 1 aromatic rings. The molecule has 318 valence electrons. The van der Waals surface area contributed by atoms with E-state index in [1.807, 2.05) is 0 Å². The van der Waals surface area contributed by atoms with Crippen molar-refractivity contribution < 1.29 is 98.9 Å². The van der Waals surface area contributed by atoms with Gasteiger partial charge < -0.3 is 40.9 Å². The molecular weight excluding hydrogens is 896 g/mol. The van der Waals surface area contributed by atoms with Crippen molar-refractivity contribution in [2.24, 2.45) is 0 Å². The van der Waals surface area contributed by atoms with Gasteiger partial charge in [-0.1, -0.05) is 0 Å². The van der Waals surface area contributed by atoms with Crippen molar-refractivity contribution in [1.29, 1.82) is 0 Å². The van der Waals surface area contributed by atoms with E-state index in [-0.39, 0.29) is 136 Å². The summed E-state index contributed by atoms with van der Waals surface area (Å²) in [7, 11) is -1.67. The van der Waals surface area contributed by atoms with E-state index >= 15 is 0 Å². The Kier molecular flexibility index (Phi) is 22.3. The van der Waals surface area contributed by atoms with Crippen LogP contribution in [0.1, 0.15) is 43.0 Å². The third-order valence-electron chi connectivity index (χ3n) is 9.28. The molecule has 57 heavy (non-hydrogen) atoms. The number of carboxylic acid groups (broad SMARTS) is 3. The zero-order valence-electron chi connectivity index (χ0n) is 31.8. The zero-order valence-corrected chi connectivity index (χ0v) is 34.1. The van der Waals surface area contributed by atoms with Gasteiger partial charge in [0.2, 0.25) is 17.7 Å². The van der Waals surface area contributed by atoms with Crippen molar-refractivity contribution in [1.82, 2.24) is 45.5 Å². The topological polar surface area (TPSA) is 298 Å². The summed E-state index contributed by atoms with van der Waals surface area (Å²) in [6, 6.07) is 1.98. The summed E-state index contributed by atoms with van der Waals surface area (Å²) in [5.74, 6) is -5.37. The van der Waals surface area contributed by atoms with Gasteiger partial charge in [0, 0.05) is 118 Å². The number of hydrogen-bond donors (Lipinski definition) is 9. The van der Waals surface area contributed by atoms with Crippen molar-refractivity contribution in [3.8, 4) is 0 Å². The molecule has 4 amide bonds. The Hall–Kier alpha value is -3.61. The first-order valence-corrected chi connectivity index (χ1v) is 18.4. The van der Waals surface area contributed by atoms with Crippen molar-refractivity contribution in [2.75, 3.05) is 97.1 Å². The van der Waals surface area contributed by atoms with Crippen LogP contribution >= 0.6 is 0 Å². The predicted molar refractivity (Wildman–Crippen MR) is 199 cm³/mol. The molecule has 2 atom stereocenters. The van der Waals surface area contributed by atoms with Crippen LogP contribution in [0.5, 0.6) is 0 Å². The van der Waals surface area contributed by atoms with Crippen LogP contribution in [0, 0.1) is 39.9 Å². The molecule has 3 rings (SSSR count). The molecule has 9 N–H and O–H groups in total. The van der Waals surface area contributed by atoms with Crippen LogP contribution in [0.2, 0.25) is 0 Å². The van der Waals surface area contributed by atoms with Gasteiger partial charge in [-0.3, -0.25) is 64.0 Å². The van der Waals surface area contributed by atoms with Gasteiger partial charge in [0.25, 0.3) is 5.91 Å². The molecule has 1 aromatic heterocycles. The van der Waals surface area contributed by atoms with E-state index in [0.717, 1.165) is 0 Å². The summed E-state index contributed by atoms with van der Waals surface area (Å²) in [5.41, 5.74) is 5.28. The number of carbonyl (C=O) groups excluding carboxylic acids is 4. The molecule has 2 saturated heterocycles. The molecule has 2 aliphatic rings. The van der Waals surface area contributed by atoms with E-state index in [0.29, 0.717) is 38.9 Å². The largest absolute Gasteiger partial charge is 0.480 e. The number of hydrogen-bond acceptors (Lipinski definition) is 15. The summed E-state index contributed by atoms with van der Waals surface area (Å²) >= 11 is 0. The number of likely N-dealkylation sites (tertiary alicyclic amines) is 1. The molecule has 2 aliphatic heterocycles. The molecule has 2 fully saturated rings. The summed E-state index contributed by atoms with van der Waals surface area (Å²) in [5, 5.41) is 52.5. The van der Waals surface area contributed by atoms with Gasteiger partial charge in [-0.15, -0.1) is 0 Å². The molecule has 0 saturated carbocycles. The van der Waals surface area contributed by atoms with Crippen molar-refractivity contribution in [2.45, 2.75) is 44.6 Å². The number of pyridine rings is 1. The quantitative estimate of drug-likeness (QED) is 0.0385. The van der Waals surface area contributed by atoms with E-state index in [4.69, 9.17) is 0 Å². The SMILES string of the molecule is C[C@@H](NC(=O)c1ccc(NNC(=O)CCCNC(=O)CN2CCN(CC(=O)O)CCN(CC(=O)O)CCN(CC(=O)O)CC2)nc1)C(=O)N1CCC[C@H]1B(O)O.[Gd]. The van der Waals surface area contributed by atoms with Gasteiger partial charge in [-0.25, -0.2) is 4.98 Å². The van der Waals surface area contributed by atoms with Gasteiger partial charge in [-0.2, -0.15) is 0 Å². The number of amides is 4. The fourth-order valence-electron chi connectivity index (χ4n) is 6.29. The molecule has 0 aliphatic carbocycles. The van der Waals surface area contributed by atoms with E-state index in [9.17, 15) is 58.9 Å². The standard InChI is InChI=1S/C33H53BN10O12.Gd/c1-23(33(54)44-9-3-4-25(44)34(55)56)37-32(53)24-6-7-26(36-18-24)38-39-27(45)5-2-8-35-28(46)19-40-10-12-41(20-29(47)48)14-16-43(22-31(51)52)17-15-42(13-11-40)21-30(49)50;/h6-7,18,23,25,55-56H,2-5,8-17,19-22H2,1H3,(H,35,46)(H,36,38)(H,37,53)(H,39,45)(H,47,48)(H,49,50)(H,51,52);/t23-,25+;/m1./s1. The first-order chi connectivity index (χ1) is 26.6. The summed E-state index contributed by atoms with van der Waals surface area (Å²) in [4.78, 5) is 97.3. The molecule has 24 heteroatoms. The van der Waals surface area contributed by atoms with Crippen LogP contribution in [-0.2, 0) is 28.8 Å². The number of carbonyl (C=O) groups is 7. The number of carboxylic acids is 3. The molecule has 0 aromatic carbocycles. The second-order valence-electron chi connectivity index (χ2n) is 13.7. The van der Waals surface area contributed by atoms with E-state index in [1.165, 1.54) is 30.2 Å². The van der Waals surface area contributed by atoms with Crippen molar-refractivity contribution in [3.05, 3.63) is 23.9 Å². The van der Waals surface area contributed by atoms with Gasteiger partial charge in [-0.05, 0) is 38.3 Å². The van der Waals surface area contributed by atoms with Crippen molar-refractivity contribution in [3.63, 3.8) is 0 Å². The van der Waals surface area contributed by atoms with Gasteiger partial charge in [0.05, 0.1) is 37.7 Å². The average molecular weight is 950 g/mol. The van der Waals surface area contributed by atoms with Crippen LogP contribution in [0.3, 0.4) is 0 Å². The second-order valence-corrected chi connectivity index (χ2v) is 13.7. The molecule has 0 radical (unpaired) electrons. The Morgan fingerprint density at radius 2 is 1.28 bits per heavy atom. The average Bonchev–Trinajstić information content (AvgIpc) is 3.63. The number of rotatable bonds is 18. The van der Waals surface area contributed by atoms with Crippen LogP contribution in [-0.4, -0.2) is 207 Å². The third-order valence-corrected chi connectivity index (χ3v) is 9.28. The van der Waals surface area contributed by atoms with Gasteiger partial charge in [0.15, 0.2) is 0 Å². The van der Waals surface area contributed by atoms with Gasteiger partial charge >= 0.3 is 25.0 Å². The van der Waals surface area contributed by atoms with Crippen LogP contribution in [0.4, 0.5) is 5.82 Å². The number of hydrazine groups is 1. The fourth-order valence-corrected chi connectivity index (χ4v) is 6.29. The minimum atomic E-state index is -1.67. The molecule has 3 heterocycles. The van der Waals surface area contributed by atoms with Gasteiger partial charge in [0.1, 0.15) is 11.9 Å². The van der Waals surface area contributed by atoms with Crippen LogP contribution in [0.25, 0.3) is 0 Å². The van der Waals surface area contributed by atoms with E-state index in [1.54, 1.807) is 19.6 Å². The Morgan fingerprint density at radius 3 is 1.74 bits per heavy atom. The minimum absolute atomic E-state index is 0. The Labute approximate surface area is 362 Å². The molecule has 0 bridgehead atoms. The zero-order chi connectivity index (χ0) is 41.2. The maximum atomic E-state index is 12.9. The normalized spacial score (nSPS) is 18.2. The van der Waals surface area contributed by atoms with E-state index in [2.05, 4.69) is 26.5 Å².